The number of hydrogen-bond donors (Lipinski definition) is 0. The number of oxazole rings is 1. The van der Waals surface area contributed by atoms with Gasteiger partial charge in [-0.05, 0) is 17.3 Å². The summed E-state index contributed by atoms with van der Waals surface area (Å²) in [6, 6.07) is 14.2. The molecule has 0 aliphatic carbocycles. The van der Waals surface area contributed by atoms with Gasteiger partial charge in [0.15, 0.2) is 5.76 Å². The monoisotopic (exact) mass is 371 g/mol. The minimum absolute atomic E-state index is 0.0935. The van der Waals surface area contributed by atoms with Crippen molar-refractivity contribution in [3.05, 3.63) is 72.2 Å². The Hall–Kier alpha value is -3.49. The molecule has 0 aliphatic rings. The second-order valence-electron chi connectivity index (χ2n) is 5.71. The van der Waals surface area contributed by atoms with Crippen molar-refractivity contribution in [2.24, 2.45) is 0 Å². The zero-order chi connectivity index (χ0) is 18.9. The summed E-state index contributed by atoms with van der Waals surface area (Å²) in [6.07, 6.45) is -2.84. The van der Waals surface area contributed by atoms with E-state index in [2.05, 4.69) is 20.4 Å². The van der Waals surface area contributed by atoms with Gasteiger partial charge in [0.2, 0.25) is 11.7 Å². The molecule has 4 rings (SSSR count). The average Bonchev–Trinajstić information content (AvgIpc) is 3.32. The highest BCUT2D eigenvalue weighted by Gasteiger charge is 2.30. The van der Waals surface area contributed by atoms with Crippen molar-refractivity contribution in [2.75, 3.05) is 0 Å². The van der Waals surface area contributed by atoms with Crippen molar-refractivity contribution in [1.82, 2.24) is 25.2 Å². The third kappa shape index (κ3) is 3.71. The Morgan fingerprint density at radius 2 is 1.74 bits per heavy atom. The van der Waals surface area contributed by atoms with Crippen LogP contribution in [0.2, 0.25) is 0 Å². The standard InChI is InChI=1S/C18H12F3N5O/c19-18(20,21)14-8-4-7-13(9-14)17-23-25-26(24-17)11-16-22-10-15(27-16)12-5-2-1-3-6-12/h1-10H,11H2. The molecule has 0 N–H and O–H groups in total. The first-order valence-corrected chi connectivity index (χ1v) is 7.94. The quantitative estimate of drug-likeness (QED) is 0.541. The largest absolute Gasteiger partial charge is 0.439 e. The number of hydrogen-bond acceptors (Lipinski definition) is 5. The molecule has 0 saturated carbocycles. The summed E-state index contributed by atoms with van der Waals surface area (Å²) in [4.78, 5) is 5.39. The Morgan fingerprint density at radius 3 is 2.52 bits per heavy atom. The van der Waals surface area contributed by atoms with E-state index in [9.17, 15) is 13.2 Å². The van der Waals surface area contributed by atoms with Crippen molar-refractivity contribution >= 4 is 0 Å². The number of tetrazole rings is 1. The fourth-order valence-corrected chi connectivity index (χ4v) is 2.50. The predicted octanol–water partition coefficient (Wildman–Crippen LogP) is 4.06. The van der Waals surface area contributed by atoms with Crippen LogP contribution >= 0.6 is 0 Å². The Balaban J connectivity index is 1.53. The summed E-state index contributed by atoms with van der Waals surface area (Å²) in [7, 11) is 0. The molecule has 2 heterocycles. The Kier molecular flexibility index (Phi) is 4.19. The maximum absolute atomic E-state index is 12.8. The van der Waals surface area contributed by atoms with E-state index < -0.39 is 11.7 Å². The molecule has 136 valence electrons. The highest BCUT2D eigenvalue weighted by atomic mass is 19.4. The summed E-state index contributed by atoms with van der Waals surface area (Å²) >= 11 is 0. The predicted molar refractivity (Wildman–Crippen MR) is 89.3 cm³/mol. The van der Waals surface area contributed by atoms with Crippen molar-refractivity contribution in [3.8, 4) is 22.7 Å². The molecule has 6 nitrogen and oxygen atoms in total. The molecule has 0 bridgehead atoms. The number of nitrogens with zero attached hydrogens (tertiary/aromatic N) is 5. The highest BCUT2D eigenvalue weighted by Crippen LogP contribution is 2.31. The van der Waals surface area contributed by atoms with Gasteiger partial charge in [-0.25, -0.2) is 4.98 Å². The van der Waals surface area contributed by atoms with Crippen LogP contribution in [0.5, 0.6) is 0 Å². The molecular weight excluding hydrogens is 359 g/mol. The number of halogens is 3. The zero-order valence-corrected chi connectivity index (χ0v) is 13.8. The lowest BCUT2D eigenvalue weighted by atomic mass is 10.1. The summed E-state index contributed by atoms with van der Waals surface area (Å²) < 4.78 is 44.2. The second-order valence-corrected chi connectivity index (χ2v) is 5.71. The molecule has 0 amide bonds. The van der Waals surface area contributed by atoms with E-state index in [-0.39, 0.29) is 17.9 Å². The van der Waals surface area contributed by atoms with E-state index >= 15 is 0 Å². The van der Waals surface area contributed by atoms with Gasteiger partial charge in [0, 0.05) is 11.1 Å². The fraction of sp³-hybridized carbons (Fsp3) is 0.111. The number of alkyl halides is 3. The van der Waals surface area contributed by atoms with Gasteiger partial charge >= 0.3 is 6.18 Å². The van der Waals surface area contributed by atoms with Crippen molar-refractivity contribution in [2.45, 2.75) is 12.7 Å². The van der Waals surface area contributed by atoms with Gasteiger partial charge in [0.1, 0.15) is 6.54 Å². The first-order valence-electron chi connectivity index (χ1n) is 7.94. The Bertz CT molecular complexity index is 1060. The van der Waals surface area contributed by atoms with Gasteiger partial charge in [-0.1, -0.05) is 42.5 Å². The van der Waals surface area contributed by atoms with Crippen LogP contribution in [0, 0.1) is 0 Å². The maximum Gasteiger partial charge on any atom is 0.416 e. The van der Waals surface area contributed by atoms with Gasteiger partial charge in [0.05, 0.1) is 11.8 Å². The first-order chi connectivity index (χ1) is 13.0. The molecule has 0 saturated heterocycles. The Morgan fingerprint density at radius 1 is 0.963 bits per heavy atom. The van der Waals surface area contributed by atoms with Crippen LogP contribution in [0.3, 0.4) is 0 Å². The molecule has 2 aromatic heterocycles. The normalized spacial score (nSPS) is 11.7. The molecule has 2 aromatic carbocycles. The lowest BCUT2D eigenvalue weighted by molar-refractivity contribution is -0.137. The van der Waals surface area contributed by atoms with Crippen LogP contribution in [0.25, 0.3) is 22.7 Å². The summed E-state index contributed by atoms with van der Waals surface area (Å²) in [5.74, 6) is 1.06. The van der Waals surface area contributed by atoms with Gasteiger partial charge in [-0.2, -0.15) is 18.0 Å². The lowest BCUT2D eigenvalue weighted by Gasteiger charge is -2.06. The van der Waals surface area contributed by atoms with Crippen LogP contribution in [-0.2, 0) is 12.7 Å². The molecule has 9 heteroatoms. The van der Waals surface area contributed by atoms with Gasteiger partial charge in [0.25, 0.3) is 0 Å². The molecule has 27 heavy (non-hydrogen) atoms. The molecule has 0 aliphatic heterocycles. The van der Waals surface area contributed by atoms with Crippen LogP contribution in [0.4, 0.5) is 13.2 Å². The van der Waals surface area contributed by atoms with E-state index in [1.165, 1.54) is 16.9 Å². The third-order valence-electron chi connectivity index (χ3n) is 3.79. The average molecular weight is 371 g/mol. The summed E-state index contributed by atoms with van der Waals surface area (Å²) in [6.45, 7) is 0.110. The minimum atomic E-state index is -4.43. The number of aromatic nitrogens is 5. The van der Waals surface area contributed by atoms with E-state index in [4.69, 9.17) is 4.42 Å². The van der Waals surface area contributed by atoms with Crippen molar-refractivity contribution in [1.29, 1.82) is 0 Å². The summed E-state index contributed by atoms with van der Waals surface area (Å²) in [5, 5.41) is 11.8. The van der Waals surface area contributed by atoms with Crippen LogP contribution in [-0.4, -0.2) is 25.2 Å². The van der Waals surface area contributed by atoms with E-state index in [1.807, 2.05) is 30.3 Å². The van der Waals surface area contributed by atoms with Crippen LogP contribution < -0.4 is 0 Å². The first kappa shape index (κ1) is 17.0. The minimum Gasteiger partial charge on any atom is -0.439 e. The number of rotatable bonds is 4. The molecule has 0 unspecified atom stereocenters. The van der Waals surface area contributed by atoms with Gasteiger partial charge in [-0.3, -0.25) is 0 Å². The fourth-order valence-electron chi connectivity index (χ4n) is 2.50. The van der Waals surface area contributed by atoms with E-state index in [0.29, 0.717) is 11.7 Å². The molecule has 0 spiro atoms. The molecule has 0 fully saturated rings. The summed E-state index contributed by atoms with van der Waals surface area (Å²) in [5.41, 5.74) is 0.345. The van der Waals surface area contributed by atoms with Crippen LogP contribution in [0.1, 0.15) is 11.5 Å². The SMILES string of the molecule is FC(F)(F)c1cccc(-c2nnn(Cc3ncc(-c4ccccc4)o3)n2)c1. The van der Waals surface area contributed by atoms with E-state index in [1.54, 1.807) is 6.20 Å². The lowest BCUT2D eigenvalue weighted by Crippen LogP contribution is -2.05. The molecule has 4 aromatic rings. The molecule has 0 radical (unpaired) electrons. The van der Waals surface area contributed by atoms with Crippen molar-refractivity contribution in [3.63, 3.8) is 0 Å². The van der Waals surface area contributed by atoms with Crippen molar-refractivity contribution < 1.29 is 17.6 Å². The topological polar surface area (TPSA) is 69.6 Å². The highest BCUT2D eigenvalue weighted by molar-refractivity contribution is 5.56. The second kappa shape index (κ2) is 6.67. The van der Waals surface area contributed by atoms with E-state index in [0.717, 1.165) is 17.7 Å². The van der Waals surface area contributed by atoms with Crippen LogP contribution in [0.15, 0.2) is 65.2 Å². The zero-order valence-electron chi connectivity index (χ0n) is 13.8. The Labute approximate surface area is 151 Å². The molecular formula is C18H12F3N5O. The smallest absolute Gasteiger partial charge is 0.416 e. The maximum atomic E-state index is 12.8. The van der Waals surface area contributed by atoms with Gasteiger partial charge in [-0.15, -0.1) is 10.2 Å². The third-order valence-corrected chi connectivity index (χ3v) is 3.79. The van der Waals surface area contributed by atoms with Gasteiger partial charge < -0.3 is 4.42 Å². The number of benzene rings is 2. The molecule has 0 atom stereocenters.